The van der Waals surface area contributed by atoms with E-state index in [1.807, 2.05) is 24.3 Å². The molecule has 2 N–H and O–H groups in total. The molecule has 1 aromatic carbocycles. The fraction of sp³-hybridized carbons (Fsp3) is 0.267. The van der Waals surface area contributed by atoms with Crippen molar-refractivity contribution in [1.82, 2.24) is 10.3 Å². The minimum Gasteiger partial charge on any atom is -0.497 e. The van der Waals surface area contributed by atoms with Gasteiger partial charge < -0.3 is 15.4 Å². The molecule has 0 bridgehead atoms. The molecular weight excluding hydrogens is 302 g/mol. The number of carbonyl (C=O) groups excluding carboxylic acids is 2. The molecule has 6 nitrogen and oxygen atoms in total. The lowest BCUT2D eigenvalue weighted by molar-refractivity contribution is -0.125. The van der Waals surface area contributed by atoms with E-state index in [1.165, 1.54) is 18.3 Å². The van der Waals surface area contributed by atoms with Crippen molar-refractivity contribution in [1.29, 1.82) is 0 Å². The fourth-order valence-corrected chi connectivity index (χ4v) is 2.50. The summed E-state index contributed by atoms with van der Waals surface area (Å²) in [5, 5.41) is 7.64. The smallest absolute Gasteiger partial charge is 0.249 e. The Balaban J connectivity index is 2.10. The van der Waals surface area contributed by atoms with Crippen molar-refractivity contribution in [2.75, 3.05) is 12.4 Å². The number of benzene rings is 1. The predicted molar refractivity (Wildman–Crippen MR) is 85.0 cm³/mol. The molecule has 0 aliphatic heterocycles. The van der Waals surface area contributed by atoms with Crippen LogP contribution in [0.4, 0.5) is 5.13 Å². The summed E-state index contributed by atoms with van der Waals surface area (Å²) >= 11 is 1.32. The molecular formula is C15H17N3O3S. The van der Waals surface area contributed by atoms with Crippen LogP contribution in [0.25, 0.3) is 0 Å². The maximum absolute atomic E-state index is 12.3. The highest BCUT2D eigenvalue weighted by Crippen LogP contribution is 2.15. The van der Waals surface area contributed by atoms with Crippen molar-refractivity contribution < 1.29 is 14.3 Å². The highest BCUT2D eigenvalue weighted by atomic mass is 32.1. The monoisotopic (exact) mass is 319 g/mol. The van der Waals surface area contributed by atoms with Crippen LogP contribution in [0, 0.1) is 0 Å². The zero-order valence-corrected chi connectivity index (χ0v) is 13.1. The molecule has 2 rings (SSSR count). The molecule has 0 spiro atoms. The standard InChI is InChI=1S/C15H17N3O3S/c1-10(19)17-13(14(20)18-15-16-6-7-22-15)9-11-4-3-5-12(8-11)21-2/h3-8,13H,9H2,1-2H3,(H,17,19)(H,16,18,20)/t13-/m1/s1. The van der Waals surface area contributed by atoms with Gasteiger partial charge in [-0.25, -0.2) is 4.98 Å². The molecule has 0 aliphatic carbocycles. The second-order valence-corrected chi connectivity index (χ2v) is 5.53. The molecule has 2 aromatic rings. The Morgan fingerprint density at radius 3 is 2.86 bits per heavy atom. The Hall–Kier alpha value is -2.41. The number of nitrogens with one attached hydrogen (secondary N) is 2. The van der Waals surface area contributed by atoms with Gasteiger partial charge in [-0.1, -0.05) is 12.1 Å². The molecule has 7 heteroatoms. The third-order valence-corrected chi connectivity index (χ3v) is 3.62. The first-order valence-electron chi connectivity index (χ1n) is 6.69. The minimum absolute atomic E-state index is 0.262. The van der Waals surface area contributed by atoms with Gasteiger partial charge in [0.2, 0.25) is 11.8 Å². The molecule has 0 saturated heterocycles. The van der Waals surface area contributed by atoms with Crippen LogP contribution >= 0.6 is 11.3 Å². The van der Waals surface area contributed by atoms with Crippen molar-refractivity contribution in [2.45, 2.75) is 19.4 Å². The SMILES string of the molecule is COc1cccc(C[C@@H](NC(C)=O)C(=O)Nc2nccs2)c1. The molecule has 1 heterocycles. The van der Waals surface area contributed by atoms with E-state index in [-0.39, 0.29) is 11.8 Å². The topological polar surface area (TPSA) is 80.3 Å². The van der Waals surface area contributed by atoms with E-state index >= 15 is 0 Å². The summed E-state index contributed by atoms with van der Waals surface area (Å²) in [7, 11) is 1.58. The number of amides is 2. The van der Waals surface area contributed by atoms with Crippen LogP contribution in [0.5, 0.6) is 5.75 Å². The van der Waals surface area contributed by atoms with Gasteiger partial charge in [0.05, 0.1) is 7.11 Å². The number of carbonyl (C=O) groups is 2. The van der Waals surface area contributed by atoms with Crippen LogP contribution in [0.3, 0.4) is 0 Å². The Labute approximate surface area is 132 Å². The molecule has 0 unspecified atom stereocenters. The van der Waals surface area contributed by atoms with Gasteiger partial charge in [0.1, 0.15) is 11.8 Å². The van der Waals surface area contributed by atoms with Crippen LogP contribution in [0.2, 0.25) is 0 Å². The first-order valence-corrected chi connectivity index (χ1v) is 7.57. The van der Waals surface area contributed by atoms with Gasteiger partial charge in [-0.15, -0.1) is 11.3 Å². The van der Waals surface area contributed by atoms with E-state index in [4.69, 9.17) is 4.74 Å². The number of aromatic nitrogens is 1. The number of ether oxygens (including phenoxy) is 1. The summed E-state index contributed by atoms with van der Waals surface area (Å²) < 4.78 is 5.17. The second kappa shape index (κ2) is 7.56. The Morgan fingerprint density at radius 1 is 1.41 bits per heavy atom. The van der Waals surface area contributed by atoms with Crippen molar-refractivity contribution >= 4 is 28.3 Å². The molecule has 0 fully saturated rings. The van der Waals surface area contributed by atoms with E-state index in [9.17, 15) is 9.59 Å². The van der Waals surface area contributed by atoms with Crippen molar-refractivity contribution in [2.24, 2.45) is 0 Å². The maximum atomic E-state index is 12.3. The number of hydrogen-bond acceptors (Lipinski definition) is 5. The third-order valence-electron chi connectivity index (χ3n) is 2.93. The van der Waals surface area contributed by atoms with Crippen LogP contribution in [0.15, 0.2) is 35.8 Å². The highest BCUT2D eigenvalue weighted by molar-refractivity contribution is 7.13. The van der Waals surface area contributed by atoms with E-state index in [1.54, 1.807) is 18.7 Å². The lowest BCUT2D eigenvalue weighted by Gasteiger charge is -2.17. The number of anilines is 1. The average Bonchev–Trinajstić information content (AvgIpc) is 2.99. The highest BCUT2D eigenvalue weighted by Gasteiger charge is 2.21. The van der Waals surface area contributed by atoms with Crippen LogP contribution in [-0.4, -0.2) is 29.9 Å². The molecule has 1 atom stereocenters. The number of nitrogens with zero attached hydrogens (tertiary/aromatic N) is 1. The summed E-state index contributed by atoms with van der Waals surface area (Å²) in [6, 6.07) is 6.72. The minimum atomic E-state index is -0.673. The Morgan fingerprint density at radius 2 is 2.23 bits per heavy atom. The van der Waals surface area contributed by atoms with Crippen LogP contribution in [0.1, 0.15) is 12.5 Å². The molecule has 116 valence electrons. The third kappa shape index (κ3) is 4.56. The van der Waals surface area contributed by atoms with Gasteiger partial charge >= 0.3 is 0 Å². The zero-order chi connectivity index (χ0) is 15.9. The van der Waals surface area contributed by atoms with E-state index in [2.05, 4.69) is 15.6 Å². The average molecular weight is 319 g/mol. The number of rotatable bonds is 6. The summed E-state index contributed by atoms with van der Waals surface area (Å²) in [6.07, 6.45) is 1.98. The largest absolute Gasteiger partial charge is 0.497 e. The van der Waals surface area contributed by atoms with Crippen LogP contribution < -0.4 is 15.4 Å². The normalized spacial score (nSPS) is 11.5. The predicted octanol–water partition coefficient (Wildman–Crippen LogP) is 1.84. The van der Waals surface area contributed by atoms with Crippen LogP contribution in [-0.2, 0) is 16.0 Å². The molecule has 22 heavy (non-hydrogen) atoms. The number of hydrogen-bond donors (Lipinski definition) is 2. The van der Waals surface area contributed by atoms with Gasteiger partial charge in [0.15, 0.2) is 5.13 Å². The van der Waals surface area contributed by atoms with Crippen molar-refractivity contribution in [3.63, 3.8) is 0 Å². The van der Waals surface area contributed by atoms with Gasteiger partial charge in [0, 0.05) is 24.9 Å². The molecule has 0 aliphatic rings. The number of thiazole rings is 1. The molecule has 0 saturated carbocycles. The fourth-order valence-electron chi connectivity index (χ4n) is 1.97. The second-order valence-electron chi connectivity index (χ2n) is 4.64. The molecule has 0 radical (unpaired) electrons. The Kier molecular flexibility index (Phi) is 5.48. The summed E-state index contributed by atoms with van der Waals surface area (Å²) in [4.78, 5) is 27.7. The first kappa shape index (κ1) is 16.0. The maximum Gasteiger partial charge on any atom is 0.249 e. The van der Waals surface area contributed by atoms with E-state index < -0.39 is 6.04 Å². The summed E-state index contributed by atoms with van der Waals surface area (Å²) in [5.41, 5.74) is 0.896. The lowest BCUT2D eigenvalue weighted by Crippen LogP contribution is -2.44. The van der Waals surface area contributed by atoms with Gasteiger partial charge in [-0.05, 0) is 17.7 Å². The lowest BCUT2D eigenvalue weighted by atomic mass is 10.0. The van der Waals surface area contributed by atoms with E-state index in [0.717, 1.165) is 5.56 Å². The number of methoxy groups -OCH3 is 1. The zero-order valence-electron chi connectivity index (χ0n) is 12.3. The summed E-state index contributed by atoms with van der Waals surface area (Å²) in [5.74, 6) is 0.148. The molecule has 2 amide bonds. The van der Waals surface area contributed by atoms with Crippen molar-refractivity contribution in [3.05, 3.63) is 41.4 Å². The quantitative estimate of drug-likeness (QED) is 0.851. The summed E-state index contributed by atoms with van der Waals surface area (Å²) in [6.45, 7) is 1.38. The van der Waals surface area contributed by atoms with Gasteiger partial charge in [-0.2, -0.15) is 0 Å². The van der Waals surface area contributed by atoms with Gasteiger partial charge in [-0.3, -0.25) is 9.59 Å². The van der Waals surface area contributed by atoms with Crippen molar-refractivity contribution in [3.8, 4) is 5.75 Å². The first-order chi connectivity index (χ1) is 10.6. The Bertz CT molecular complexity index is 643. The van der Waals surface area contributed by atoms with E-state index in [0.29, 0.717) is 17.3 Å². The van der Waals surface area contributed by atoms with Gasteiger partial charge in [0.25, 0.3) is 0 Å². The molecule has 1 aromatic heterocycles.